The lowest BCUT2D eigenvalue weighted by Crippen LogP contribution is -2.16. The number of nitrogens with one attached hydrogen (secondary N) is 1. The van der Waals surface area contributed by atoms with Gasteiger partial charge < -0.3 is 0 Å². The molecule has 0 aliphatic carbocycles. The first-order chi connectivity index (χ1) is 11.7. The number of carbonyl (C=O) groups is 1. The monoisotopic (exact) mass is 382 g/mol. The van der Waals surface area contributed by atoms with Crippen LogP contribution in [0, 0.1) is 20.8 Å². The summed E-state index contributed by atoms with van der Waals surface area (Å²) in [5.41, 5.74) is 2.78. The van der Waals surface area contributed by atoms with Crippen LogP contribution in [0.15, 0.2) is 0 Å². The van der Waals surface area contributed by atoms with Gasteiger partial charge in [-0.3, -0.25) is 14.8 Å². The number of sulfone groups is 1. The highest BCUT2D eigenvalue weighted by Crippen LogP contribution is 2.28. The number of nitrogens with zero attached hydrogens (tertiary/aromatic N) is 3. The molecule has 0 saturated carbocycles. The molecule has 0 bridgehead atoms. The van der Waals surface area contributed by atoms with E-state index in [2.05, 4.69) is 15.4 Å². The van der Waals surface area contributed by atoms with Crippen molar-refractivity contribution in [1.29, 1.82) is 0 Å². The van der Waals surface area contributed by atoms with Crippen LogP contribution in [-0.4, -0.2) is 40.6 Å². The lowest BCUT2D eigenvalue weighted by atomic mass is 10.1. The van der Waals surface area contributed by atoms with Crippen LogP contribution in [0.2, 0.25) is 0 Å². The maximum absolute atomic E-state index is 12.7. The first-order valence-corrected chi connectivity index (χ1v) is 10.9. The van der Waals surface area contributed by atoms with Crippen molar-refractivity contribution in [3.8, 4) is 0 Å². The largest absolute Gasteiger partial charge is 0.298 e. The number of thiazole rings is 1. The molecule has 0 radical (unpaired) electrons. The Hall–Kier alpha value is -1.74. The molecule has 1 fully saturated rings. The Bertz CT molecular complexity index is 928. The van der Waals surface area contributed by atoms with Crippen molar-refractivity contribution in [2.24, 2.45) is 0 Å². The van der Waals surface area contributed by atoms with Crippen molar-refractivity contribution in [3.63, 3.8) is 0 Å². The highest BCUT2D eigenvalue weighted by molar-refractivity contribution is 7.91. The quantitative estimate of drug-likeness (QED) is 0.876. The van der Waals surface area contributed by atoms with E-state index in [4.69, 9.17) is 0 Å². The lowest BCUT2D eigenvalue weighted by molar-refractivity contribution is 0.102. The van der Waals surface area contributed by atoms with Gasteiger partial charge in [-0.05, 0) is 33.6 Å². The molecule has 136 valence electrons. The Morgan fingerprint density at radius 2 is 2.08 bits per heavy atom. The lowest BCUT2D eigenvalue weighted by Gasteiger charge is -2.11. The molecule has 7 nitrogen and oxygen atoms in total. The predicted octanol–water partition coefficient (Wildman–Crippen LogP) is 2.44. The Morgan fingerprint density at radius 1 is 1.36 bits per heavy atom. The molecule has 3 rings (SSSR count). The van der Waals surface area contributed by atoms with Gasteiger partial charge in [0.1, 0.15) is 0 Å². The molecule has 2 aromatic rings. The fraction of sp³-hybridized carbons (Fsp3) is 0.562. The molecule has 0 aromatic carbocycles. The summed E-state index contributed by atoms with van der Waals surface area (Å²) in [6.45, 7) is 7.60. The first kappa shape index (κ1) is 18.1. The van der Waals surface area contributed by atoms with Crippen LogP contribution in [0.25, 0.3) is 0 Å². The minimum Gasteiger partial charge on any atom is -0.298 e. The van der Waals surface area contributed by atoms with Gasteiger partial charge in [-0.1, -0.05) is 6.92 Å². The normalized spacial score (nSPS) is 19.3. The number of hydrogen-bond donors (Lipinski definition) is 1. The van der Waals surface area contributed by atoms with Crippen LogP contribution < -0.4 is 5.32 Å². The van der Waals surface area contributed by atoms with Crippen LogP contribution in [0.4, 0.5) is 5.13 Å². The fourth-order valence-corrected chi connectivity index (χ4v) is 5.87. The molecule has 1 aliphatic rings. The van der Waals surface area contributed by atoms with Gasteiger partial charge in [0, 0.05) is 10.6 Å². The average molecular weight is 383 g/mol. The summed E-state index contributed by atoms with van der Waals surface area (Å²) in [7, 11) is -3.01. The van der Waals surface area contributed by atoms with E-state index in [1.54, 1.807) is 11.6 Å². The standard InChI is InChI=1S/C16H22N4O3S2/c1-5-13-11(4)24-16(17-13)18-15(21)14-9(2)19-20(10(14)3)12-6-7-25(22,23)8-12/h12H,5-8H2,1-4H3,(H,17,18,21). The third-order valence-corrected chi connectivity index (χ3v) is 7.23. The van der Waals surface area contributed by atoms with Crippen molar-refractivity contribution in [1.82, 2.24) is 14.8 Å². The number of hydrogen-bond acceptors (Lipinski definition) is 6. The highest BCUT2D eigenvalue weighted by Gasteiger charge is 2.32. The Labute approximate surface area is 151 Å². The van der Waals surface area contributed by atoms with Crippen LogP contribution >= 0.6 is 11.3 Å². The molecule has 1 N–H and O–H groups in total. The third-order valence-electron chi connectivity index (χ3n) is 4.55. The number of rotatable bonds is 4. The summed E-state index contributed by atoms with van der Waals surface area (Å²) < 4.78 is 25.1. The summed E-state index contributed by atoms with van der Waals surface area (Å²) in [4.78, 5) is 18.2. The van der Waals surface area contributed by atoms with Gasteiger partial charge in [0.05, 0.1) is 34.5 Å². The van der Waals surface area contributed by atoms with Crippen LogP contribution in [0.3, 0.4) is 0 Å². The van der Waals surface area contributed by atoms with Gasteiger partial charge in [-0.25, -0.2) is 13.4 Å². The van der Waals surface area contributed by atoms with Crippen molar-refractivity contribution in [3.05, 3.63) is 27.5 Å². The van der Waals surface area contributed by atoms with E-state index in [0.717, 1.165) is 17.0 Å². The van der Waals surface area contributed by atoms with E-state index in [9.17, 15) is 13.2 Å². The predicted molar refractivity (Wildman–Crippen MR) is 98.2 cm³/mol. The van der Waals surface area contributed by atoms with E-state index < -0.39 is 9.84 Å². The molecule has 0 spiro atoms. The summed E-state index contributed by atoms with van der Waals surface area (Å²) >= 11 is 1.46. The van der Waals surface area contributed by atoms with Gasteiger partial charge in [0.15, 0.2) is 15.0 Å². The minimum atomic E-state index is -3.01. The van der Waals surface area contributed by atoms with Crippen LogP contribution in [-0.2, 0) is 16.3 Å². The molecule has 1 atom stereocenters. The van der Waals surface area contributed by atoms with Crippen LogP contribution in [0.1, 0.15) is 51.7 Å². The zero-order valence-electron chi connectivity index (χ0n) is 14.8. The van der Waals surface area contributed by atoms with Crippen molar-refractivity contribution < 1.29 is 13.2 Å². The minimum absolute atomic E-state index is 0.0849. The van der Waals surface area contributed by atoms with E-state index in [1.807, 2.05) is 20.8 Å². The summed E-state index contributed by atoms with van der Waals surface area (Å²) in [6.07, 6.45) is 1.36. The second kappa shape index (κ2) is 6.53. The molecule has 1 amide bonds. The van der Waals surface area contributed by atoms with Crippen LogP contribution in [0.5, 0.6) is 0 Å². The number of aromatic nitrogens is 3. The Morgan fingerprint density at radius 3 is 2.64 bits per heavy atom. The molecule has 25 heavy (non-hydrogen) atoms. The van der Waals surface area contributed by atoms with Crippen molar-refractivity contribution in [2.75, 3.05) is 16.8 Å². The zero-order valence-corrected chi connectivity index (χ0v) is 16.4. The number of aryl methyl sites for hydroxylation is 3. The van der Waals surface area contributed by atoms with E-state index >= 15 is 0 Å². The molecule has 3 heterocycles. The molecule has 9 heteroatoms. The molecular formula is C16H22N4O3S2. The zero-order chi connectivity index (χ0) is 18.4. The van der Waals surface area contributed by atoms with Gasteiger partial charge >= 0.3 is 0 Å². The molecule has 1 aliphatic heterocycles. The molecule has 1 unspecified atom stereocenters. The molecule has 2 aromatic heterocycles. The van der Waals surface area contributed by atoms with Gasteiger partial charge in [-0.2, -0.15) is 5.10 Å². The van der Waals surface area contributed by atoms with Gasteiger partial charge in [0.25, 0.3) is 5.91 Å². The smallest absolute Gasteiger partial charge is 0.261 e. The fourth-order valence-electron chi connectivity index (χ4n) is 3.28. The second-order valence-corrected chi connectivity index (χ2v) is 9.81. The first-order valence-electron chi connectivity index (χ1n) is 8.25. The third kappa shape index (κ3) is 3.48. The summed E-state index contributed by atoms with van der Waals surface area (Å²) in [6, 6.07) is -0.195. The Balaban J connectivity index is 1.86. The van der Waals surface area contributed by atoms with E-state index in [-0.39, 0.29) is 23.5 Å². The maximum Gasteiger partial charge on any atom is 0.261 e. The number of anilines is 1. The van der Waals surface area contributed by atoms with E-state index in [0.29, 0.717) is 28.5 Å². The number of amides is 1. The molecular weight excluding hydrogens is 360 g/mol. The van der Waals surface area contributed by atoms with Gasteiger partial charge in [0.2, 0.25) is 0 Å². The van der Waals surface area contributed by atoms with Crippen molar-refractivity contribution in [2.45, 2.75) is 46.6 Å². The second-order valence-electron chi connectivity index (χ2n) is 6.38. The summed E-state index contributed by atoms with van der Waals surface area (Å²) in [5, 5.41) is 7.86. The SMILES string of the molecule is CCc1nc(NC(=O)c2c(C)nn(C3CCS(=O)(=O)C3)c2C)sc1C. The van der Waals surface area contributed by atoms with Gasteiger partial charge in [-0.15, -0.1) is 11.3 Å². The van der Waals surface area contributed by atoms with Crippen molar-refractivity contribution >= 4 is 32.2 Å². The summed E-state index contributed by atoms with van der Waals surface area (Å²) in [5.74, 6) is 0.00981. The maximum atomic E-state index is 12.7. The van der Waals surface area contributed by atoms with E-state index in [1.165, 1.54) is 11.3 Å². The average Bonchev–Trinajstić information content (AvgIpc) is 3.14. The topological polar surface area (TPSA) is 93.9 Å². The molecule has 1 saturated heterocycles. The highest BCUT2D eigenvalue weighted by atomic mass is 32.2. The Kier molecular flexibility index (Phi) is 4.72. The number of carbonyl (C=O) groups excluding carboxylic acids is 1.